The minimum absolute atomic E-state index is 0.0653. The summed E-state index contributed by atoms with van der Waals surface area (Å²) >= 11 is 1.48. The second-order valence-corrected chi connectivity index (χ2v) is 6.86. The number of carbonyl (C=O) groups is 2. The second kappa shape index (κ2) is 7.06. The highest BCUT2D eigenvalue weighted by atomic mass is 32.2. The van der Waals surface area contributed by atoms with E-state index in [4.69, 9.17) is 9.47 Å². The van der Waals surface area contributed by atoms with Crippen molar-refractivity contribution in [2.75, 3.05) is 24.9 Å². The topological polar surface area (TPSA) is 76.7 Å². The molecule has 0 radical (unpaired) electrons. The Bertz CT molecular complexity index is 838. The van der Waals surface area contributed by atoms with Gasteiger partial charge in [0.15, 0.2) is 0 Å². The van der Waals surface area contributed by atoms with Crippen molar-refractivity contribution < 1.29 is 19.1 Å². The number of benzene rings is 2. The zero-order chi connectivity index (χ0) is 18.0. The number of hydrogen-bond acceptors (Lipinski definition) is 5. The first-order chi connectivity index (χ1) is 12.0. The van der Waals surface area contributed by atoms with Crippen LogP contribution in [-0.4, -0.2) is 31.3 Å². The molecule has 1 atom stereocenters. The molecule has 0 aliphatic carbocycles. The lowest BCUT2D eigenvalue weighted by molar-refractivity contribution is -0.115. The third kappa shape index (κ3) is 3.56. The molecule has 0 saturated carbocycles. The highest BCUT2D eigenvalue weighted by Crippen LogP contribution is 2.36. The van der Waals surface area contributed by atoms with Gasteiger partial charge in [0.05, 0.1) is 30.8 Å². The van der Waals surface area contributed by atoms with E-state index in [1.165, 1.54) is 18.9 Å². The minimum atomic E-state index is -0.299. The van der Waals surface area contributed by atoms with Crippen molar-refractivity contribution >= 4 is 35.0 Å². The smallest absolute Gasteiger partial charge is 0.255 e. The quantitative estimate of drug-likeness (QED) is 0.876. The van der Waals surface area contributed by atoms with Gasteiger partial charge in [-0.25, -0.2) is 0 Å². The standard InChI is InChI=1S/C18H18N2O4S/c1-10-17(21)20-14-8-11(4-7-16(14)25-10)18(22)19-13-9-12(23-2)5-6-15(13)24-3/h4-10H,1-3H3,(H,19,22)(H,20,21). The molecular weight excluding hydrogens is 340 g/mol. The van der Waals surface area contributed by atoms with Gasteiger partial charge < -0.3 is 20.1 Å². The minimum Gasteiger partial charge on any atom is -0.497 e. The molecule has 7 heteroatoms. The van der Waals surface area contributed by atoms with Gasteiger partial charge in [-0.3, -0.25) is 9.59 Å². The van der Waals surface area contributed by atoms with Crippen LogP contribution in [0.5, 0.6) is 11.5 Å². The monoisotopic (exact) mass is 358 g/mol. The summed E-state index contributed by atoms with van der Waals surface area (Å²) in [4.78, 5) is 25.4. The highest BCUT2D eigenvalue weighted by molar-refractivity contribution is 8.00. The number of fused-ring (bicyclic) bond motifs is 1. The van der Waals surface area contributed by atoms with E-state index in [2.05, 4.69) is 10.6 Å². The average Bonchev–Trinajstić information content (AvgIpc) is 2.62. The Labute approximate surface area is 149 Å². The Balaban J connectivity index is 1.85. The molecule has 1 aliphatic rings. The van der Waals surface area contributed by atoms with E-state index >= 15 is 0 Å². The molecule has 1 unspecified atom stereocenters. The number of rotatable bonds is 4. The maximum Gasteiger partial charge on any atom is 0.255 e. The number of thioether (sulfide) groups is 1. The van der Waals surface area contributed by atoms with Crippen LogP contribution in [0.4, 0.5) is 11.4 Å². The van der Waals surface area contributed by atoms with Crippen LogP contribution >= 0.6 is 11.8 Å². The van der Waals surface area contributed by atoms with E-state index in [1.807, 2.05) is 13.0 Å². The first-order valence-corrected chi connectivity index (χ1v) is 8.54. The summed E-state index contributed by atoms with van der Waals surface area (Å²) in [5, 5.41) is 5.50. The molecule has 0 aromatic heterocycles. The molecule has 1 heterocycles. The van der Waals surface area contributed by atoms with Gasteiger partial charge in [0.1, 0.15) is 11.5 Å². The number of ether oxygens (including phenoxy) is 2. The van der Waals surface area contributed by atoms with Crippen LogP contribution in [0.3, 0.4) is 0 Å². The Morgan fingerprint density at radius 2 is 1.96 bits per heavy atom. The molecule has 2 aromatic carbocycles. The van der Waals surface area contributed by atoms with Gasteiger partial charge in [0, 0.05) is 16.5 Å². The van der Waals surface area contributed by atoms with Gasteiger partial charge in [0.2, 0.25) is 5.91 Å². The van der Waals surface area contributed by atoms with E-state index in [0.29, 0.717) is 28.4 Å². The lowest BCUT2D eigenvalue weighted by atomic mass is 10.1. The summed E-state index contributed by atoms with van der Waals surface area (Å²) in [6.45, 7) is 1.85. The van der Waals surface area contributed by atoms with E-state index in [0.717, 1.165) is 4.90 Å². The Morgan fingerprint density at radius 3 is 2.68 bits per heavy atom. The lowest BCUT2D eigenvalue weighted by Crippen LogP contribution is -2.26. The van der Waals surface area contributed by atoms with Crippen LogP contribution in [-0.2, 0) is 4.79 Å². The summed E-state index contributed by atoms with van der Waals surface area (Å²) in [5.74, 6) is 0.778. The van der Waals surface area contributed by atoms with Crippen LogP contribution in [0.25, 0.3) is 0 Å². The van der Waals surface area contributed by atoms with Crippen molar-refractivity contribution in [1.29, 1.82) is 0 Å². The summed E-state index contributed by atoms with van der Waals surface area (Å²) in [7, 11) is 3.09. The van der Waals surface area contributed by atoms with Crippen molar-refractivity contribution in [1.82, 2.24) is 0 Å². The Hall–Kier alpha value is -2.67. The molecule has 0 saturated heterocycles. The van der Waals surface area contributed by atoms with Gasteiger partial charge in [-0.1, -0.05) is 0 Å². The molecular formula is C18H18N2O4S. The number of hydrogen-bond donors (Lipinski definition) is 2. The summed E-state index contributed by atoms with van der Waals surface area (Å²) in [6, 6.07) is 10.4. The van der Waals surface area contributed by atoms with E-state index in [1.54, 1.807) is 37.4 Å². The van der Waals surface area contributed by atoms with Crippen LogP contribution in [0.2, 0.25) is 0 Å². The van der Waals surface area contributed by atoms with Crippen molar-refractivity contribution in [2.24, 2.45) is 0 Å². The zero-order valence-electron chi connectivity index (χ0n) is 14.1. The predicted molar refractivity (Wildman–Crippen MR) is 97.9 cm³/mol. The number of anilines is 2. The lowest BCUT2D eigenvalue weighted by Gasteiger charge is -2.21. The number of amides is 2. The first-order valence-electron chi connectivity index (χ1n) is 7.66. The molecule has 3 rings (SSSR count). The zero-order valence-corrected chi connectivity index (χ0v) is 14.9. The van der Waals surface area contributed by atoms with Gasteiger partial charge in [-0.15, -0.1) is 11.8 Å². The van der Waals surface area contributed by atoms with Crippen molar-refractivity contribution in [3.63, 3.8) is 0 Å². The molecule has 2 aromatic rings. The molecule has 1 aliphatic heterocycles. The molecule has 0 spiro atoms. The van der Waals surface area contributed by atoms with Gasteiger partial charge in [-0.2, -0.15) is 0 Å². The van der Waals surface area contributed by atoms with Crippen LogP contribution in [0, 0.1) is 0 Å². The third-order valence-corrected chi connectivity index (χ3v) is 5.00. The molecule has 2 amide bonds. The predicted octanol–water partition coefficient (Wildman–Crippen LogP) is 3.39. The SMILES string of the molecule is COc1ccc(OC)c(NC(=O)c2ccc3c(c2)NC(=O)C(C)S3)c1. The van der Waals surface area contributed by atoms with Crippen LogP contribution in [0.15, 0.2) is 41.3 Å². The van der Waals surface area contributed by atoms with Gasteiger partial charge in [0.25, 0.3) is 5.91 Å². The average molecular weight is 358 g/mol. The fraction of sp³-hybridized carbons (Fsp3) is 0.222. The number of carbonyl (C=O) groups excluding carboxylic acids is 2. The molecule has 25 heavy (non-hydrogen) atoms. The molecule has 0 fully saturated rings. The molecule has 6 nitrogen and oxygen atoms in total. The fourth-order valence-corrected chi connectivity index (χ4v) is 3.39. The van der Waals surface area contributed by atoms with Crippen molar-refractivity contribution in [3.05, 3.63) is 42.0 Å². The van der Waals surface area contributed by atoms with Gasteiger partial charge >= 0.3 is 0 Å². The first kappa shape index (κ1) is 17.2. The summed E-state index contributed by atoms with van der Waals surface area (Å²) in [6.07, 6.45) is 0. The number of methoxy groups -OCH3 is 2. The van der Waals surface area contributed by atoms with Crippen molar-refractivity contribution in [3.8, 4) is 11.5 Å². The number of nitrogens with one attached hydrogen (secondary N) is 2. The molecule has 0 bridgehead atoms. The third-order valence-electron chi connectivity index (χ3n) is 3.83. The Kier molecular flexibility index (Phi) is 4.85. The molecule has 2 N–H and O–H groups in total. The van der Waals surface area contributed by atoms with E-state index in [-0.39, 0.29) is 17.1 Å². The largest absolute Gasteiger partial charge is 0.497 e. The van der Waals surface area contributed by atoms with Crippen molar-refractivity contribution in [2.45, 2.75) is 17.1 Å². The highest BCUT2D eigenvalue weighted by Gasteiger charge is 2.24. The van der Waals surface area contributed by atoms with Gasteiger partial charge in [-0.05, 0) is 37.3 Å². The maximum absolute atomic E-state index is 12.6. The van der Waals surface area contributed by atoms with E-state index < -0.39 is 0 Å². The normalized spacial score (nSPS) is 15.8. The fourth-order valence-electron chi connectivity index (χ4n) is 2.46. The Morgan fingerprint density at radius 1 is 1.16 bits per heavy atom. The second-order valence-electron chi connectivity index (χ2n) is 5.48. The molecule has 130 valence electrons. The van der Waals surface area contributed by atoms with E-state index in [9.17, 15) is 9.59 Å². The maximum atomic E-state index is 12.6. The summed E-state index contributed by atoms with van der Waals surface area (Å²) < 4.78 is 10.4. The van der Waals surface area contributed by atoms with Crippen LogP contribution < -0.4 is 20.1 Å². The van der Waals surface area contributed by atoms with Crippen LogP contribution in [0.1, 0.15) is 17.3 Å². The summed E-state index contributed by atoms with van der Waals surface area (Å²) in [5.41, 5.74) is 1.61.